The Hall–Kier alpha value is -1.16. The lowest BCUT2D eigenvalue weighted by Gasteiger charge is -2.27. The van der Waals surface area contributed by atoms with Crippen molar-refractivity contribution >= 4 is 0 Å². The largest absolute Gasteiger partial charge is 0.484 e. The summed E-state index contributed by atoms with van der Waals surface area (Å²) in [7, 11) is 0. The van der Waals surface area contributed by atoms with Crippen molar-refractivity contribution in [2.75, 3.05) is 0 Å². The second-order valence-electron chi connectivity index (χ2n) is 6.07. The van der Waals surface area contributed by atoms with E-state index in [2.05, 4.69) is 6.92 Å². The number of hydrogen-bond acceptors (Lipinski definition) is 2. The third-order valence-corrected chi connectivity index (χ3v) is 3.86. The molecular formula is C16H23F2NO. The molecule has 2 nitrogen and oxygen atoms in total. The zero-order chi connectivity index (χ0) is 14.7. The van der Waals surface area contributed by atoms with Crippen LogP contribution in [0.2, 0.25) is 0 Å². The molecule has 0 radical (unpaired) electrons. The first-order chi connectivity index (χ1) is 9.45. The molecule has 1 aromatic carbocycles. The van der Waals surface area contributed by atoms with Gasteiger partial charge in [-0.15, -0.1) is 0 Å². The van der Waals surface area contributed by atoms with Crippen LogP contribution in [0.1, 0.15) is 45.1 Å². The van der Waals surface area contributed by atoms with Crippen LogP contribution in [0.15, 0.2) is 12.1 Å². The Kier molecular flexibility index (Phi) is 4.97. The predicted octanol–water partition coefficient (Wildman–Crippen LogP) is 3.81. The minimum atomic E-state index is -0.626. The molecule has 1 fully saturated rings. The zero-order valence-electron chi connectivity index (χ0n) is 12.2. The molecule has 0 amide bonds. The Morgan fingerprint density at radius 2 is 1.75 bits per heavy atom. The monoisotopic (exact) mass is 283 g/mol. The molecule has 1 atom stereocenters. The molecule has 2 rings (SSSR count). The van der Waals surface area contributed by atoms with Gasteiger partial charge in [-0.3, -0.25) is 0 Å². The van der Waals surface area contributed by atoms with E-state index in [4.69, 9.17) is 10.5 Å². The normalized spacial score (nSPS) is 24.4. The minimum Gasteiger partial charge on any atom is -0.484 e. The van der Waals surface area contributed by atoms with Crippen LogP contribution < -0.4 is 10.5 Å². The lowest BCUT2D eigenvalue weighted by Crippen LogP contribution is -2.24. The Labute approximate surface area is 119 Å². The Balaban J connectivity index is 2.08. The minimum absolute atomic E-state index is 0.0746. The van der Waals surface area contributed by atoms with E-state index in [0.717, 1.165) is 25.7 Å². The maximum atomic E-state index is 14.0. The molecule has 1 unspecified atom stereocenters. The molecule has 1 saturated carbocycles. The Bertz CT molecular complexity index is 431. The van der Waals surface area contributed by atoms with Gasteiger partial charge in [-0.2, -0.15) is 0 Å². The molecule has 112 valence electrons. The maximum Gasteiger partial charge on any atom is 0.191 e. The van der Waals surface area contributed by atoms with Gasteiger partial charge in [0, 0.05) is 6.04 Å². The lowest BCUT2D eigenvalue weighted by atomic mass is 9.89. The zero-order valence-corrected chi connectivity index (χ0v) is 12.2. The predicted molar refractivity (Wildman–Crippen MR) is 75.8 cm³/mol. The second kappa shape index (κ2) is 6.53. The van der Waals surface area contributed by atoms with Crippen molar-refractivity contribution in [3.63, 3.8) is 0 Å². The number of hydrogen-bond donors (Lipinski definition) is 1. The van der Waals surface area contributed by atoms with Gasteiger partial charge < -0.3 is 10.5 Å². The van der Waals surface area contributed by atoms with Crippen molar-refractivity contribution in [2.45, 2.75) is 58.1 Å². The Morgan fingerprint density at radius 3 is 2.25 bits per heavy atom. The number of rotatable bonds is 4. The van der Waals surface area contributed by atoms with Gasteiger partial charge in [-0.1, -0.05) is 6.92 Å². The van der Waals surface area contributed by atoms with Crippen molar-refractivity contribution in [1.29, 1.82) is 0 Å². The van der Waals surface area contributed by atoms with Crippen LogP contribution >= 0.6 is 0 Å². The standard InChI is InChI=1S/C16H23F2NO/c1-10-3-5-13(6-4-10)20-16-14(17)8-12(7-11(2)19)9-15(16)18/h8-11,13H,3-7,19H2,1-2H3. The molecule has 0 aromatic heterocycles. The summed E-state index contributed by atoms with van der Waals surface area (Å²) in [5.74, 6) is -0.811. The van der Waals surface area contributed by atoms with E-state index in [9.17, 15) is 8.78 Å². The SMILES string of the molecule is CC(N)Cc1cc(F)c(OC2CCC(C)CC2)c(F)c1. The summed E-state index contributed by atoms with van der Waals surface area (Å²) in [5.41, 5.74) is 6.22. The molecule has 1 aromatic rings. The van der Waals surface area contributed by atoms with Crippen LogP contribution in [0.3, 0.4) is 0 Å². The van der Waals surface area contributed by atoms with E-state index in [1.165, 1.54) is 12.1 Å². The highest BCUT2D eigenvalue weighted by Gasteiger charge is 2.22. The average Bonchev–Trinajstić information content (AvgIpc) is 2.35. The van der Waals surface area contributed by atoms with Crippen molar-refractivity contribution in [1.82, 2.24) is 0 Å². The fraction of sp³-hybridized carbons (Fsp3) is 0.625. The van der Waals surface area contributed by atoms with Crippen molar-refractivity contribution in [3.8, 4) is 5.75 Å². The fourth-order valence-corrected chi connectivity index (χ4v) is 2.73. The fourth-order valence-electron chi connectivity index (χ4n) is 2.73. The molecule has 0 heterocycles. The van der Waals surface area contributed by atoms with Gasteiger partial charge in [-0.05, 0) is 62.6 Å². The van der Waals surface area contributed by atoms with Gasteiger partial charge in [-0.25, -0.2) is 8.78 Å². The third kappa shape index (κ3) is 3.92. The topological polar surface area (TPSA) is 35.2 Å². The summed E-state index contributed by atoms with van der Waals surface area (Å²) >= 11 is 0. The number of benzene rings is 1. The van der Waals surface area contributed by atoms with Crippen molar-refractivity contribution in [3.05, 3.63) is 29.3 Å². The number of ether oxygens (including phenoxy) is 1. The van der Waals surface area contributed by atoms with Gasteiger partial charge >= 0.3 is 0 Å². The molecule has 0 bridgehead atoms. The smallest absolute Gasteiger partial charge is 0.191 e. The molecule has 4 heteroatoms. The van der Waals surface area contributed by atoms with Crippen LogP contribution in [0, 0.1) is 17.6 Å². The summed E-state index contributed by atoms with van der Waals surface area (Å²) in [5, 5.41) is 0. The van der Waals surface area contributed by atoms with Gasteiger partial charge in [0.1, 0.15) is 0 Å². The van der Waals surface area contributed by atoms with Crippen molar-refractivity contribution < 1.29 is 13.5 Å². The molecule has 1 aliphatic carbocycles. The van der Waals surface area contributed by atoms with Crippen LogP contribution in [0.5, 0.6) is 5.75 Å². The highest BCUT2D eigenvalue weighted by molar-refractivity contribution is 5.32. The van der Waals surface area contributed by atoms with E-state index in [1.807, 2.05) is 6.92 Å². The molecule has 2 N–H and O–H groups in total. The van der Waals surface area contributed by atoms with E-state index in [1.54, 1.807) is 0 Å². The quantitative estimate of drug-likeness (QED) is 0.912. The Morgan fingerprint density at radius 1 is 1.20 bits per heavy atom. The number of halogens is 2. The van der Waals surface area contributed by atoms with Crippen LogP contribution in [0.4, 0.5) is 8.78 Å². The van der Waals surface area contributed by atoms with Gasteiger partial charge in [0.15, 0.2) is 17.4 Å². The molecule has 0 aliphatic heterocycles. The molecule has 1 aliphatic rings. The summed E-state index contributed by atoms with van der Waals surface area (Å²) < 4.78 is 33.5. The first kappa shape index (κ1) is 15.2. The summed E-state index contributed by atoms with van der Waals surface area (Å²) in [6.07, 6.45) is 4.21. The van der Waals surface area contributed by atoms with E-state index in [0.29, 0.717) is 17.9 Å². The summed E-state index contributed by atoms with van der Waals surface area (Å²) in [4.78, 5) is 0. The third-order valence-electron chi connectivity index (χ3n) is 3.86. The summed E-state index contributed by atoms with van der Waals surface area (Å²) in [6, 6.07) is 2.53. The summed E-state index contributed by atoms with van der Waals surface area (Å²) in [6.45, 7) is 4.00. The van der Waals surface area contributed by atoms with Crippen LogP contribution in [-0.4, -0.2) is 12.1 Å². The van der Waals surface area contributed by atoms with Gasteiger partial charge in [0.25, 0.3) is 0 Å². The van der Waals surface area contributed by atoms with Gasteiger partial charge in [0.05, 0.1) is 6.10 Å². The van der Waals surface area contributed by atoms with E-state index in [-0.39, 0.29) is 17.9 Å². The van der Waals surface area contributed by atoms with Crippen LogP contribution in [0.25, 0.3) is 0 Å². The highest BCUT2D eigenvalue weighted by atomic mass is 19.1. The average molecular weight is 283 g/mol. The molecular weight excluding hydrogens is 260 g/mol. The van der Waals surface area contributed by atoms with Crippen LogP contribution in [-0.2, 0) is 6.42 Å². The van der Waals surface area contributed by atoms with Crippen molar-refractivity contribution in [2.24, 2.45) is 11.7 Å². The molecule has 20 heavy (non-hydrogen) atoms. The second-order valence-corrected chi connectivity index (χ2v) is 6.07. The molecule has 0 spiro atoms. The van der Waals surface area contributed by atoms with Gasteiger partial charge in [0.2, 0.25) is 0 Å². The van der Waals surface area contributed by atoms with E-state index < -0.39 is 11.6 Å². The highest BCUT2D eigenvalue weighted by Crippen LogP contribution is 2.30. The first-order valence-electron chi connectivity index (χ1n) is 7.36. The van der Waals surface area contributed by atoms with E-state index >= 15 is 0 Å². The molecule has 0 saturated heterocycles. The lowest BCUT2D eigenvalue weighted by molar-refractivity contribution is 0.124. The first-order valence-corrected chi connectivity index (χ1v) is 7.36. The maximum absolute atomic E-state index is 14.0. The number of nitrogens with two attached hydrogens (primary N) is 1.